The first-order valence-corrected chi connectivity index (χ1v) is 9.32. The second-order valence-electron chi connectivity index (χ2n) is 5.90. The van der Waals surface area contributed by atoms with Crippen LogP contribution in [0.2, 0.25) is 0 Å². The minimum Gasteiger partial charge on any atom is -0.506 e. The fourth-order valence-corrected chi connectivity index (χ4v) is 4.28. The molecule has 0 atom stereocenters. The van der Waals surface area contributed by atoms with Crippen LogP contribution in [0, 0.1) is 11.6 Å². The largest absolute Gasteiger partial charge is 0.506 e. The number of nitrogens with zero attached hydrogens (tertiary/aromatic N) is 1. The van der Waals surface area contributed by atoms with Crippen LogP contribution in [0.4, 0.5) is 14.5 Å². The highest BCUT2D eigenvalue weighted by molar-refractivity contribution is 7.89. The van der Waals surface area contributed by atoms with Crippen LogP contribution in [0.25, 0.3) is 0 Å². The molecule has 0 unspecified atom stereocenters. The highest BCUT2D eigenvalue weighted by atomic mass is 32.2. The number of rotatable bonds is 4. The van der Waals surface area contributed by atoms with E-state index in [0.29, 0.717) is 19.2 Å². The maximum atomic E-state index is 13.2. The molecule has 2 aromatic rings. The van der Waals surface area contributed by atoms with Gasteiger partial charge in [0.05, 0.1) is 10.6 Å². The molecule has 0 saturated carbocycles. The molecule has 0 aromatic heterocycles. The molecule has 0 bridgehead atoms. The van der Waals surface area contributed by atoms with Gasteiger partial charge in [0.2, 0.25) is 10.0 Å². The van der Waals surface area contributed by atoms with E-state index in [1.807, 2.05) is 0 Å². The molecule has 1 amide bonds. The molecular weight excluding hydrogens is 366 g/mol. The molecule has 9 heteroatoms. The Bertz CT molecular complexity index is 937. The van der Waals surface area contributed by atoms with Crippen LogP contribution in [-0.2, 0) is 10.0 Å². The van der Waals surface area contributed by atoms with Gasteiger partial charge in [0, 0.05) is 24.7 Å². The van der Waals surface area contributed by atoms with Gasteiger partial charge in [0.15, 0.2) is 0 Å². The lowest BCUT2D eigenvalue weighted by Crippen LogP contribution is -2.28. The topological polar surface area (TPSA) is 86.7 Å². The van der Waals surface area contributed by atoms with Crippen molar-refractivity contribution in [1.29, 1.82) is 0 Å². The third-order valence-electron chi connectivity index (χ3n) is 4.04. The number of anilines is 1. The third kappa shape index (κ3) is 3.68. The summed E-state index contributed by atoms with van der Waals surface area (Å²) >= 11 is 0. The summed E-state index contributed by atoms with van der Waals surface area (Å²) < 4.78 is 53.0. The second-order valence-corrected chi connectivity index (χ2v) is 7.84. The van der Waals surface area contributed by atoms with Crippen LogP contribution < -0.4 is 5.32 Å². The molecule has 2 N–H and O–H groups in total. The maximum absolute atomic E-state index is 13.2. The van der Waals surface area contributed by atoms with E-state index in [1.54, 1.807) is 0 Å². The van der Waals surface area contributed by atoms with E-state index >= 15 is 0 Å². The molecule has 0 spiro atoms. The van der Waals surface area contributed by atoms with Crippen LogP contribution in [0.15, 0.2) is 41.3 Å². The van der Waals surface area contributed by atoms with Crippen molar-refractivity contribution in [2.45, 2.75) is 17.7 Å². The lowest BCUT2D eigenvalue weighted by atomic mass is 10.2. The molecule has 3 rings (SSSR count). The smallest absolute Gasteiger partial charge is 0.255 e. The molecular formula is C17H16F2N2O4S. The van der Waals surface area contributed by atoms with Crippen LogP contribution in [0.1, 0.15) is 23.2 Å². The molecule has 0 radical (unpaired) electrons. The van der Waals surface area contributed by atoms with Gasteiger partial charge in [-0.15, -0.1) is 0 Å². The van der Waals surface area contributed by atoms with E-state index in [-0.39, 0.29) is 21.9 Å². The number of carbonyl (C=O) groups is 1. The molecule has 26 heavy (non-hydrogen) atoms. The first-order chi connectivity index (χ1) is 12.3. The Morgan fingerprint density at radius 1 is 1.04 bits per heavy atom. The van der Waals surface area contributed by atoms with Crippen LogP contribution in [-0.4, -0.2) is 36.8 Å². The van der Waals surface area contributed by atoms with Crippen LogP contribution >= 0.6 is 0 Å². The summed E-state index contributed by atoms with van der Waals surface area (Å²) in [6.07, 6.45) is 1.54. The number of nitrogens with one attached hydrogen (secondary N) is 1. The van der Waals surface area contributed by atoms with Gasteiger partial charge in [-0.25, -0.2) is 17.2 Å². The van der Waals surface area contributed by atoms with E-state index in [1.165, 1.54) is 10.4 Å². The number of halogens is 2. The molecule has 1 saturated heterocycles. The van der Waals surface area contributed by atoms with E-state index in [9.17, 15) is 27.1 Å². The lowest BCUT2D eigenvalue weighted by Gasteiger charge is -2.16. The monoisotopic (exact) mass is 382 g/mol. The van der Waals surface area contributed by atoms with Crippen LogP contribution in [0.5, 0.6) is 5.75 Å². The Balaban J connectivity index is 1.89. The number of carbonyl (C=O) groups excluding carboxylic acids is 1. The predicted molar refractivity (Wildman–Crippen MR) is 90.4 cm³/mol. The SMILES string of the molecule is O=C(Nc1cc(S(=O)(=O)N2CCCC2)ccc1O)c1cc(F)cc(F)c1. The standard InChI is InChI=1S/C17H16F2N2O4S/c18-12-7-11(8-13(19)9-12)17(23)20-15-10-14(3-4-16(15)22)26(24,25)21-5-1-2-6-21/h3-4,7-10,22H,1-2,5-6H2,(H,20,23). The van der Waals surface area contributed by atoms with Crippen LogP contribution in [0.3, 0.4) is 0 Å². The van der Waals surface area contributed by atoms with Gasteiger partial charge in [-0.1, -0.05) is 0 Å². The number of phenolic OH excluding ortho intramolecular Hbond substituents is 1. The van der Waals surface area contributed by atoms with E-state index < -0.39 is 27.6 Å². The van der Waals surface area contributed by atoms with Gasteiger partial charge in [0.25, 0.3) is 5.91 Å². The van der Waals surface area contributed by atoms with Gasteiger partial charge < -0.3 is 10.4 Å². The van der Waals surface area contributed by atoms with E-state index in [0.717, 1.165) is 37.1 Å². The Morgan fingerprint density at radius 3 is 2.27 bits per heavy atom. The summed E-state index contributed by atoms with van der Waals surface area (Å²) in [5.74, 6) is -3.10. The zero-order chi connectivity index (χ0) is 18.9. The Morgan fingerprint density at radius 2 is 1.65 bits per heavy atom. The number of aromatic hydroxyl groups is 1. The fourth-order valence-electron chi connectivity index (χ4n) is 2.73. The van der Waals surface area contributed by atoms with Gasteiger partial charge in [-0.3, -0.25) is 4.79 Å². The van der Waals surface area contributed by atoms with Crippen molar-refractivity contribution in [3.63, 3.8) is 0 Å². The van der Waals surface area contributed by atoms with Crippen molar-refractivity contribution in [3.8, 4) is 5.75 Å². The van der Waals surface area contributed by atoms with Gasteiger partial charge in [-0.05, 0) is 43.2 Å². The Labute approximate surface area is 149 Å². The number of hydrogen-bond donors (Lipinski definition) is 2. The molecule has 1 aliphatic heterocycles. The normalized spacial score (nSPS) is 15.2. The highest BCUT2D eigenvalue weighted by Crippen LogP contribution is 2.29. The Kier molecular flexibility index (Phi) is 4.92. The lowest BCUT2D eigenvalue weighted by molar-refractivity contribution is 0.102. The molecule has 138 valence electrons. The van der Waals surface area contributed by atoms with Crippen molar-refractivity contribution in [2.75, 3.05) is 18.4 Å². The van der Waals surface area contributed by atoms with Crippen molar-refractivity contribution >= 4 is 21.6 Å². The third-order valence-corrected chi connectivity index (χ3v) is 5.94. The van der Waals surface area contributed by atoms with Crippen molar-refractivity contribution in [3.05, 3.63) is 53.6 Å². The number of phenols is 1. The summed E-state index contributed by atoms with van der Waals surface area (Å²) in [6, 6.07) is 5.79. The second kappa shape index (κ2) is 7.00. The zero-order valence-corrected chi connectivity index (χ0v) is 14.4. The van der Waals surface area contributed by atoms with Crippen molar-refractivity contribution in [1.82, 2.24) is 4.31 Å². The number of hydrogen-bond acceptors (Lipinski definition) is 4. The predicted octanol–water partition coefficient (Wildman–Crippen LogP) is 2.71. The zero-order valence-electron chi connectivity index (χ0n) is 13.6. The molecule has 2 aromatic carbocycles. The highest BCUT2D eigenvalue weighted by Gasteiger charge is 2.28. The molecule has 0 aliphatic carbocycles. The van der Waals surface area contributed by atoms with Gasteiger partial charge >= 0.3 is 0 Å². The minimum absolute atomic E-state index is 0.0853. The first-order valence-electron chi connectivity index (χ1n) is 7.88. The average Bonchev–Trinajstić information content (AvgIpc) is 3.11. The summed E-state index contributed by atoms with van der Waals surface area (Å²) in [4.78, 5) is 12.1. The van der Waals surface area contributed by atoms with Crippen molar-refractivity contribution in [2.24, 2.45) is 0 Å². The molecule has 6 nitrogen and oxygen atoms in total. The summed E-state index contributed by atoms with van der Waals surface area (Å²) in [5, 5.41) is 12.2. The minimum atomic E-state index is -3.74. The number of benzene rings is 2. The number of sulfonamides is 1. The van der Waals surface area contributed by atoms with Crippen molar-refractivity contribution < 1.29 is 27.1 Å². The summed E-state index contributed by atoms with van der Waals surface area (Å²) in [6.45, 7) is 0.820. The molecule has 1 fully saturated rings. The molecule has 1 aliphatic rings. The fraction of sp³-hybridized carbons (Fsp3) is 0.235. The first kappa shape index (κ1) is 18.3. The number of amides is 1. The van der Waals surface area contributed by atoms with Gasteiger partial charge in [0.1, 0.15) is 17.4 Å². The maximum Gasteiger partial charge on any atom is 0.255 e. The molecule has 1 heterocycles. The van der Waals surface area contributed by atoms with E-state index in [4.69, 9.17) is 0 Å². The Hall–Kier alpha value is -2.52. The van der Waals surface area contributed by atoms with Gasteiger partial charge in [-0.2, -0.15) is 4.31 Å². The quantitative estimate of drug-likeness (QED) is 0.796. The average molecular weight is 382 g/mol. The summed E-state index contributed by atoms with van der Waals surface area (Å²) in [5.41, 5.74) is -0.463. The van der Waals surface area contributed by atoms with E-state index in [2.05, 4.69) is 5.32 Å². The summed E-state index contributed by atoms with van der Waals surface area (Å²) in [7, 11) is -3.74.